The number of fused-ring (bicyclic) bond motifs is 1. The van der Waals surface area contributed by atoms with E-state index >= 15 is 0 Å². The van der Waals surface area contributed by atoms with E-state index in [-0.39, 0.29) is 6.10 Å². The maximum absolute atomic E-state index is 9.62. The molecule has 2 N–H and O–H groups in total. The molecule has 1 aromatic heterocycles. The molecule has 0 atom stereocenters. The number of anilines is 1. The van der Waals surface area contributed by atoms with Gasteiger partial charge in [-0.15, -0.1) is 0 Å². The Labute approximate surface area is 168 Å². The van der Waals surface area contributed by atoms with Crippen molar-refractivity contribution in [2.45, 2.75) is 51.2 Å². The number of aliphatic hydroxyl groups is 1. The number of benzene rings is 1. The molecule has 0 bridgehead atoms. The molecule has 0 radical (unpaired) electrons. The molecule has 2 aliphatic heterocycles. The van der Waals surface area contributed by atoms with Crippen LogP contribution in [0, 0.1) is 0 Å². The van der Waals surface area contributed by atoms with E-state index in [1.54, 1.807) is 0 Å². The van der Waals surface area contributed by atoms with Crippen LogP contribution in [0.2, 0.25) is 0 Å². The average molecular weight is 383 g/mol. The molecule has 3 heterocycles. The molecule has 152 valence electrons. The van der Waals surface area contributed by atoms with Crippen molar-refractivity contribution in [2.75, 3.05) is 44.2 Å². The maximum atomic E-state index is 9.62. The van der Waals surface area contributed by atoms with E-state index in [1.807, 2.05) is 0 Å². The number of piperidine rings is 2. The second-order valence-corrected chi connectivity index (χ2v) is 8.31. The monoisotopic (exact) mass is 382 g/mol. The quantitative estimate of drug-likeness (QED) is 0.721. The Morgan fingerprint density at radius 3 is 2.64 bits per heavy atom. The van der Waals surface area contributed by atoms with Gasteiger partial charge in [-0.3, -0.25) is 0 Å². The molecule has 1 aromatic carbocycles. The van der Waals surface area contributed by atoms with Crippen molar-refractivity contribution in [3.05, 3.63) is 35.9 Å². The minimum Gasteiger partial charge on any atom is -0.393 e. The number of nitrogens with zero attached hydrogens (tertiary/aromatic N) is 3. The van der Waals surface area contributed by atoms with Crippen molar-refractivity contribution in [3.63, 3.8) is 0 Å². The summed E-state index contributed by atoms with van der Waals surface area (Å²) in [5.74, 6) is 1.18. The summed E-state index contributed by atoms with van der Waals surface area (Å²) in [6.45, 7) is 7.34. The summed E-state index contributed by atoms with van der Waals surface area (Å²) in [7, 11) is 0. The average Bonchev–Trinajstić information content (AvgIpc) is 2.75. The number of hydrogen-bond acceptors (Lipinski definition) is 5. The first-order valence-electron chi connectivity index (χ1n) is 11.0. The van der Waals surface area contributed by atoms with Crippen LogP contribution >= 0.6 is 0 Å². The molecule has 2 fully saturated rings. The van der Waals surface area contributed by atoms with E-state index in [9.17, 15) is 5.11 Å². The third-order valence-corrected chi connectivity index (χ3v) is 6.14. The summed E-state index contributed by atoms with van der Waals surface area (Å²) in [4.78, 5) is 9.99. The van der Waals surface area contributed by atoms with E-state index in [1.165, 1.54) is 36.0 Å². The van der Waals surface area contributed by atoms with Gasteiger partial charge >= 0.3 is 0 Å². The third kappa shape index (κ3) is 5.02. The Balaban J connectivity index is 1.35. The molecular formula is C23H34N4O. The highest BCUT2D eigenvalue weighted by Crippen LogP contribution is 2.26. The Kier molecular flexibility index (Phi) is 6.78. The largest absolute Gasteiger partial charge is 0.393 e. The van der Waals surface area contributed by atoms with Crippen molar-refractivity contribution < 1.29 is 5.11 Å². The lowest BCUT2D eigenvalue weighted by Gasteiger charge is -2.30. The zero-order valence-electron chi connectivity index (χ0n) is 16.9. The van der Waals surface area contributed by atoms with Crippen LogP contribution in [0.1, 0.15) is 44.1 Å². The number of aliphatic hydroxyl groups excluding tert-OH is 1. The molecule has 0 amide bonds. The predicted octanol–water partition coefficient (Wildman–Crippen LogP) is 3.16. The van der Waals surface area contributed by atoms with Gasteiger partial charge in [-0.05, 0) is 63.7 Å². The van der Waals surface area contributed by atoms with Gasteiger partial charge in [0.2, 0.25) is 0 Å². The third-order valence-electron chi connectivity index (χ3n) is 6.14. The number of hydrogen-bond donors (Lipinski definition) is 2. The summed E-state index contributed by atoms with van der Waals surface area (Å²) >= 11 is 0. The van der Waals surface area contributed by atoms with Gasteiger partial charge in [0.1, 0.15) is 5.82 Å². The molecular weight excluding hydrogens is 348 g/mol. The molecule has 0 aliphatic carbocycles. The first kappa shape index (κ1) is 19.6. The van der Waals surface area contributed by atoms with Crippen molar-refractivity contribution >= 4 is 16.7 Å². The van der Waals surface area contributed by atoms with Crippen molar-refractivity contribution in [3.8, 4) is 0 Å². The van der Waals surface area contributed by atoms with Crippen molar-refractivity contribution in [1.29, 1.82) is 0 Å². The summed E-state index contributed by atoms with van der Waals surface area (Å²) in [5.41, 5.74) is 2.42. The smallest absolute Gasteiger partial charge is 0.133 e. The summed E-state index contributed by atoms with van der Waals surface area (Å²) in [6.07, 6.45) is 6.80. The van der Waals surface area contributed by atoms with Gasteiger partial charge in [0.15, 0.2) is 0 Å². The normalized spacial score (nSPS) is 19.4. The molecule has 2 aromatic rings. The van der Waals surface area contributed by atoms with Crippen LogP contribution in [0.15, 0.2) is 30.3 Å². The lowest BCUT2D eigenvalue weighted by Crippen LogP contribution is -2.37. The van der Waals surface area contributed by atoms with Gasteiger partial charge in [-0.25, -0.2) is 4.98 Å². The predicted molar refractivity (Wildman–Crippen MR) is 116 cm³/mol. The minimum absolute atomic E-state index is 0.0806. The number of likely N-dealkylation sites (tertiary alicyclic amines) is 1. The van der Waals surface area contributed by atoms with Gasteiger partial charge in [0.25, 0.3) is 0 Å². The molecule has 2 aliphatic rings. The second kappa shape index (κ2) is 9.68. The van der Waals surface area contributed by atoms with Crippen LogP contribution in [0.25, 0.3) is 10.9 Å². The fraction of sp³-hybridized carbons (Fsp3) is 0.609. The van der Waals surface area contributed by atoms with E-state index in [0.29, 0.717) is 0 Å². The first-order valence-corrected chi connectivity index (χ1v) is 11.0. The van der Waals surface area contributed by atoms with Gasteiger partial charge in [-0.2, -0.15) is 0 Å². The number of para-hydroxylation sites is 1. The lowest BCUT2D eigenvalue weighted by molar-refractivity contribution is 0.0821. The molecule has 2 saturated heterocycles. The lowest BCUT2D eigenvalue weighted by atomic mass is 10.1. The fourth-order valence-electron chi connectivity index (χ4n) is 4.45. The molecule has 0 unspecified atom stereocenters. The maximum Gasteiger partial charge on any atom is 0.133 e. The van der Waals surface area contributed by atoms with Crippen LogP contribution in [0.3, 0.4) is 0 Å². The van der Waals surface area contributed by atoms with Crippen molar-refractivity contribution in [1.82, 2.24) is 15.2 Å². The number of rotatable bonds is 7. The zero-order chi connectivity index (χ0) is 19.2. The van der Waals surface area contributed by atoms with E-state index in [4.69, 9.17) is 4.98 Å². The fourth-order valence-corrected chi connectivity index (χ4v) is 4.45. The molecule has 5 nitrogen and oxygen atoms in total. The van der Waals surface area contributed by atoms with E-state index in [2.05, 4.69) is 45.4 Å². The number of nitrogens with one attached hydrogen (secondary N) is 1. The molecule has 5 heteroatoms. The van der Waals surface area contributed by atoms with Crippen LogP contribution in [0.4, 0.5) is 5.82 Å². The molecule has 0 saturated carbocycles. The van der Waals surface area contributed by atoms with Crippen LogP contribution in [0.5, 0.6) is 0 Å². The molecule has 4 rings (SSSR count). The second-order valence-electron chi connectivity index (χ2n) is 8.31. The Morgan fingerprint density at radius 2 is 1.82 bits per heavy atom. The summed E-state index contributed by atoms with van der Waals surface area (Å²) in [5, 5.41) is 14.5. The SMILES string of the molecule is OC1CCN(CCCNCc2cc3ccccc3nc2N2CCCCC2)CC1. The molecule has 0 spiro atoms. The van der Waals surface area contributed by atoms with Gasteiger partial charge < -0.3 is 20.2 Å². The number of aromatic nitrogens is 1. The Bertz CT molecular complexity index is 751. The topological polar surface area (TPSA) is 51.6 Å². The van der Waals surface area contributed by atoms with Gasteiger partial charge in [-0.1, -0.05) is 18.2 Å². The number of pyridine rings is 1. The van der Waals surface area contributed by atoms with E-state index in [0.717, 1.165) is 70.6 Å². The van der Waals surface area contributed by atoms with Crippen molar-refractivity contribution in [2.24, 2.45) is 0 Å². The zero-order valence-corrected chi connectivity index (χ0v) is 16.9. The minimum atomic E-state index is -0.0806. The highest BCUT2D eigenvalue weighted by Gasteiger charge is 2.18. The highest BCUT2D eigenvalue weighted by atomic mass is 16.3. The van der Waals surface area contributed by atoms with Crippen LogP contribution < -0.4 is 10.2 Å². The van der Waals surface area contributed by atoms with E-state index < -0.39 is 0 Å². The standard InChI is InChI=1S/C23H34N4O/c28-21-9-15-26(16-10-21)12-6-11-24-18-20-17-19-7-2-3-8-22(19)25-23(20)27-13-4-1-5-14-27/h2-3,7-8,17,21,24,28H,1,4-6,9-16,18H2. The first-order chi connectivity index (χ1) is 13.8. The Hall–Kier alpha value is -1.69. The van der Waals surface area contributed by atoms with Crippen LogP contribution in [-0.2, 0) is 6.54 Å². The van der Waals surface area contributed by atoms with Crippen LogP contribution in [-0.4, -0.2) is 60.4 Å². The summed E-state index contributed by atoms with van der Waals surface area (Å²) < 4.78 is 0. The molecule has 28 heavy (non-hydrogen) atoms. The summed E-state index contributed by atoms with van der Waals surface area (Å²) in [6, 6.07) is 10.8. The van der Waals surface area contributed by atoms with Gasteiger partial charge in [0.05, 0.1) is 11.6 Å². The Morgan fingerprint density at radius 1 is 1.04 bits per heavy atom. The van der Waals surface area contributed by atoms with Gasteiger partial charge in [0, 0.05) is 43.7 Å². The highest BCUT2D eigenvalue weighted by molar-refractivity contribution is 5.81.